The second kappa shape index (κ2) is 7.88. The molecule has 0 aliphatic heterocycles. The van der Waals surface area contributed by atoms with Gasteiger partial charge in [0.15, 0.2) is 5.82 Å². The SMILES string of the molecule is CC(C)(C)c1noc(-c2ccccc2C(=O)NCC(F)(F)CN)n1.Cl. The Labute approximate surface area is 150 Å². The highest BCUT2D eigenvalue weighted by Crippen LogP contribution is 2.26. The molecule has 138 valence electrons. The van der Waals surface area contributed by atoms with Crippen LogP contribution in [0.2, 0.25) is 0 Å². The minimum Gasteiger partial charge on any atom is -0.346 e. The number of nitrogens with zero attached hydrogens (tertiary/aromatic N) is 2. The normalized spacial score (nSPS) is 11.8. The zero-order valence-corrected chi connectivity index (χ0v) is 15.0. The number of aromatic nitrogens is 2. The second-order valence-electron chi connectivity index (χ2n) is 6.46. The van der Waals surface area contributed by atoms with Crippen molar-refractivity contribution in [1.82, 2.24) is 15.5 Å². The summed E-state index contributed by atoms with van der Waals surface area (Å²) in [6.07, 6.45) is 0. The fraction of sp³-hybridized carbons (Fsp3) is 0.438. The minimum atomic E-state index is -3.16. The first kappa shape index (κ1) is 21.0. The van der Waals surface area contributed by atoms with Gasteiger partial charge in [0.25, 0.3) is 17.7 Å². The maximum Gasteiger partial charge on any atom is 0.277 e. The van der Waals surface area contributed by atoms with Crippen molar-refractivity contribution in [3.63, 3.8) is 0 Å². The summed E-state index contributed by atoms with van der Waals surface area (Å²) in [4.78, 5) is 16.5. The summed E-state index contributed by atoms with van der Waals surface area (Å²) < 4.78 is 31.6. The Kier molecular flexibility index (Phi) is 6.61. The van der Waals surface area contributed by atoms with E-state index in [9.17, 15) is 13.6 Å². The molecule has 1 aromatic heterocycles. The van der Waals surface area contributed by atoms with Gasteiger partial charge in [-0.15, -0.1) is 12.4 Å². The Morgan fingerprint density at radius 1 is 1.28 bits per heavy atom. The number of carbonyl (C=O) groups is 1. The van der Waals surface area contributed by atoms with Crippen LogP contribution in [0.15, 0.2) is 28.8 Å². The molecule has 0 saturated heterocycles. The van der Waals surface area contributed by atoms with Gasteiger partial charge in [-0.3, -0.25) is 4.79 Å². The van der Waals surface area contributed by atoms with Gasteiger partial charge in [-0.1, -0.05) is 38.1 Å². The van der Waals surface area contributed by atoms with Gasteiger partial charge in [0.1, 0.15) is 0 Å². The van der Waals surface area contributed by atoms with Gasteiger partial charge in [-0.25, -0.2) is 8.78 Å². The number of nitrogens with two attached hydrogens (primary N) is 1. The Bertz CT molecular complexity index is 729. The number of halogens is 3. The fourth-order valence-corrected chi connectivity index (χ4v) is 1.88. The smallest absolute Gasteiger partial charge is 0.277 e. The van der Waals surface area contributed by atoms with Crippen molar-refractivity contribution < 1.29 is 18.1 Å². The van der Waals surface area contributed by atoms with Gasteiger partial charge in [0.05, 0.1) is 24.2 Å². The summed E-state index contributed by atoms with van der Waals surface area (Å²) in [6.45, 7) is 4.10. The van der Waals surface area contributed by atoms with Gasteiger partial charge in [-0.2, -0.15) is 4.98 Å². The van der Waals surface area contributed by atoms with E-state index in [1.165, 1.54) is 6.07 Å². The van der Waals surface area contributed by atoms with Crippen molar-refractivity contribution in [3.05, 3.63) is 35.7 Å². The monoisotopic (exact) mass is 374 g/mol. The van der Waals surface area contributed by atoms with Crippen molar-refractivity contribution in [2.24, 2.45) is 5.73 Å². The number of nitrogens with one attached hydrogen (secondary N) is 1. The maximum atomic E-state index is 13.2. The molecule has 1 amide bonds. The molecule has 0 radical (unpaired) electrons. The topological polar surface area (TPSA) is 94.0 Å². The number of hydrogen-bond acceptors (Lipinski definition) is 5. The number of rotatable bonds is 5. The van der Waals surface area contributed by atoms with E-state index in [4.69, 9.17) is 10.3 Å². The lowest BCUT2D eigenvalue weighted by Crippen LogP contribution is -2.41. The van der Waals surface area contributed by atoms with Crippen LogP contribution >= 0.6 is 12.4 Å². The van der Waals surface area contributed by atoms with Crippen molar-refractivity contribution in [2.45, 2.75) is 32.1 Å². The average molecular weight is 375 g/mol. The van der Waals surface area contributed by atoms with Crippen LogP contribution in [-0.2, 0) is 5.41 Å². The summed E-state index contributed by atoms with van der Waals surface area (Å²) in [5.74, 6) is -3.16. The van der Waals surface area contributed by atoms with E-state index in [-0.39, 0.29) is 29.3 Å². The van der Waals surface area contributed by atoms with Gasteiger partial charge in [-0.05, 0) is 12.1 Å². The Morgan fingerprint density at radius 3 is 2.48 bits per heavy atom. The Hall–Kier alpha value is -2.06. The first-order valence-corrected chi connectivity index (χ1v) is 7.44. The molecular weight excluding hydrogens is 354 g/mol. The molecule has 9 heteroatoms. The van der Waals surface area contributed by atoms with Crippen LogP contribution in [0.3, 0.4) is 0 Å². The molecule has 6 nitrogen and oxygen atoms in total. The molecule has 25 heavy (non-hydrogen) atoms. The maximum absolute atomic E-state index is 13.2. The minimum absolute atomic E-state index is 0. The zero-order valence-electron chi connectivity index (χ0n) is 14.2. The summed E-state index contributed by atoms with van der Waals surface area (Å²) in [5.41, 5.74) is 5.20. The number of hydrogen-bond donors (Lipinski definition) is 2. The van der Waals surface area contributed by atoms with Crippen molar-refractivity contribution >= 4 is 18.3 Å². The molecular formula is C16H21ClF2N4O2. The largest absolute Gasteiger partial charge is 0.346 e. The van der Waals surface area contributed by atoms with Crippen LogP contribution in [0.5, 0.6) is 0 Å². The van der Waals surface area contributed by atoms with Crippen LogP contribution in [0.1, 0.15) is 37.0 Å². The Morgan fingerprint density at radius 2 is 1.92 bits per heavy atom. The predicted octanol–water partition coefficient (Wildman–Crippen LogP) is 2.78. The number of amides is 1. The quantitative estimate of drug-likeness (QED) is 0.839. The molecule has 0 atom stereocenters. The van der Waals surface area contributed by atoms with E-state index in [1.54, 1.807) is 18.2 Å². The van der Waals surface area contributed by atoms with Crippen LogP contribution < -0.4 is 11.1 Å². The van der Waals surface area contributed by atoms with Crippen molar-refractivity contribution in [2.75, 3.05) is 13.1 Å². The van der Waals surface area contributed by atoms with Gasteiger partial charge in [0.2, 0.25) is 0 Å². The van der Waals surface area contributed by atoms with Crippen molar-refractivity contribution in [1.29, 1.82) is 0 Å². The van der Waals surface area contributed by atoms with Gasteiger partial charge < -0.3 is 15.6 Å². The van der Waals surface area contributed by atoms with Gasteiger partial charge in [0, 0.05) is 5.41 Å². The fourth-order valence-electron chi connectivity index (χ4n) is 1.88. The third kappa shape index (κ3) is 5.20. The highest BCUT2D eigenvalue weighted by atomic mass is 35.5. The van der Waals surface area contributed by atoms with Crippen molar-refractivity contribution in [3.8, 4) is 11.5 Å². The summed E-state index contributed by atoms with van der Waals surface area (Å²) >= 11 is 0. The average Bonchev–Trinajstić information content (AvgIpc) is 3.03. The molecule has 1 heterocycles. The summed E-state index contributed by atoms with van der Waals surface area (Å²) in [5, 5.41) is 6.09. The molecule has 2 aromatic rings. The van der Waals surface area contributed by atoms with Crippen LogP contribution in [-0.4, -0.2) is 35.1 Å². The third-order valence-corrected chi connectivity index (χ3v) is 3.31. The van der Waals surface area contributed by atoms with E-state index in [0.29, 0.717) is 11.4 Å². The molecule has 2 rings (SSSR count). The number of benzene rings is 1. The molecule has 0 aliphatic rings. The lowest BCUT2D eigenvalue weighted by molar-refractivity contribution is 0.0119. The highest BCUT2D eigenvalue weighted by molar-refractivity contribution is 5.99. The van der Waals surface area contributed by atoms with Crippen LogP contribution in [0.4, 0.5) is 8.78 Å². The third-order valence-electron chi connectivity index (χ3n) is 3.31. The Balaban J connectivity index is 0.00000312. The van der Waals surface area contributed by atoms with E-state index >= 15 is 0 Å². The molecule has 0 saturated carbocycles. The first-order chi connectivity index (χ1) is 11.1. The van der Waals surface area contributed by atoms with E-state index in [2.05, 4.69) is 15.5 Å². The van der Waals surface area contributed by atoms with Crippen LogP contribution in [0, 0.1) is 0 Å². The summed E-state index contributed by atoms with van der Waals surface area (Å²) in [7, 11) is 0. The molecule has 0 unspecified atom stereocenters. The van der Waals surface area contributed by atoms with E-state index in [0.717, 1.165) is 0 Å². The lowest BCUT2D eigenvalue weighted by Gasteiger charge is -2.15. The summed E-state index contributed by atoms with van der Waals surface area (Å²) in [6, 6.07) is 6.45. The van der Waals surface area contributed by atoms with E-state index in [1.807, 2.05) is 20.8 Å². The first-order valence-electron chi connectivity index (χ1n) is 7.44. The number of carbonyl (C=O) groups excluding carboxylic acids is 1. The van der Waals surface area contributed by atoms with Gasteiger partial charge >= 0.3 is 0 Å². The van der Waals surface area contributed by atoms with Crippen LogP contribution in [0.25, 0.3) is 11.5 Å². The molecule has 1 aromatic carbocycles. The highest BCUT2D eigenvalue weighted by Gasteiger charge is 2.28. The molecule has 0 aliphatic carbocycles. The predicted molar refractivity (Wildman–Crippen MR) is 92.0 cm³/mol. The number of alkyl halides is 2. The molecule has 3 N–H and O–H groups in total. The lowest BCUT2D eigenvalue weighted by atomic mass is 9.96. The molecule has 0 bridgehead atoms. The molecule has 0 fully saturated rings. The molecule has 0 spiro atoms. The second-order valence-corrected chi connectivity index (χ2v) is 6.46. The zero-order chi connectivity index (χ0) is 18.0. The standard InChI is InChI=1S/C16H20F2N4O2.ClH/c1-15(2,3)14-21-13(24-22-14)11-7-5-4-6-10(11)12(23)20-9-16(17,18)8-19;/h4-7H,8-9,19H2,1-3H3,(H,20,23);1H. The van der Waals surface area contributed by atoms with E-state index < -0.39 is 24.9 Å².